The van der Waals surface area contributed by atoms with Crippen LogP contribution in [-0.4, -0.2) is 11.7 Å². The maximum atomic E-state index is 7.92. The molecule has 4 heavy (non-hydrogen) atoms. The Kier molecular flexibility index (Phi) is 1.64. The first-order chi connectivity index (χ1) is 2.41. The number of aliphatic hydroxyl groups is 1. The lowest BCUT2D eigenvalue weighted by atomic mass is 10.5. The Balaban J connectivity index is 2.19. The smallest absolute Gasteiger partial charge is 0.0431 e. The van der Waals surface area contributed by atoms with Gasteiger partial charge in [0.1, 0.15) is 0 Å². The van der Waals surface area contributed by atoms with Gasteiger partial charge in [-0.25, -0.2) is 0 Å². The van der Waals surface area contributed by atoms with Crippen molar-refractivity contribution in [3.05, 3.63) is 6.90 Å². The van der Waals surface area contributed by atoms with Crippen molar-refractivity contribution in [3.8, 4) is 0 Å². The van der Waals surface area contributed by atoms with Gasteiger partial charge in [-0.15, -0.1) is 0 Å². The van der Waals surface area contributed by atoms with Crippen LogP contribution in [0.4, 0.5) is 0 Å². The predicted octanol–water partition coefficient (Wildman–Crippen LogP) is 0.203. The maximum absolute atomic E-state index is 7.92. The van der Waals surface area contributed by atoms with E-state index in [4.69, 9.17) is 6.48 Å². The second-order valence-corrected chi connectivity index (χ2v) is 0.512. The summed E-state index contributed by atoms with van der Waals surface area (Å²) >= 11 is 0. The zero-order valence-corrected chi connectivity index (χ0v) is 2.44. The van der Waals surface area contributed by atoms with E-state index in [0.29, 0.717) is 6.42 Å². The van der Waals surface area contributed by atoms with Gasteiger partial charge in [0.2, 0.25) is 0 Å². The van der Waals surface area contributed by atoms with Gasteiger partial charge in [-0.05, 0) is 6.42 Å². The van der Waals surface area contributed by atoms with Crippen LogP contribution in [0.3, 0.4) is 0 Å². The van der Waals surface area contributed by atoms with Crippen molar-refractivity contribution in [3.63, 3.8) is 0 Å². The van der Waals surface area contributed by atoms with Crippen LogP contribution in [0.5, 0.6) is 0 Å². The van der Waals surface area contributed by atoms with Crippen molar-refractivity contribution in [2.24, 2.45) is 0 Å². The lowest BCUT2D eigenvalue weighted by Gasteiger charge is -1.69. The fraction of sp³-hybridized carbons (Fsp3) is 0.667. The molecule has 0 heterocycles. The molecule has 0 aromatic rings. The molecule has 0 fully saturated rings. The maximum Gasteiger partial charge on any atom is 0.0431 e. The van der Waals surface area contributed by atoms with Crippen LogP contribution in [0.25, 0.3) is 0 Å². The molecule has 0 unspecified atom stereocenters. The second-order valence-electron chi connectivity index (χ2n) is 0.512. The summed E-state index contributed by atoms with van der Waals surface area (Å²) in [6, 6.07) is 0. The SMILES string of the molecule is [2H][CH]CCO. The molecular formula is C3H7O. The molecule has 0 atom stereocenters. The molecule has 1 nitrogen and oxygen atoms in total. The monoisotopic (exact) mass is 60.1 g/mol. The second kappa shape index (κ2) is 2.96. The number of rotatable bonds is 2. The normalized spacial score (nSPS) is 10.8. The van der Waals surface area contributed by atoms with Gasteiger partial charge in [0, 0.05) is 7.98 Å². The highest BCUT2D eigenvalue weighted by molar-refractivity contribution is 4.28. The molecule has 0 saturated carbocycles. The van der Waals surface area contributed by atoms with Gasteiger partial charge in [-0.3, -0.25) is 0 Å². The summed E-state index contributed by atoms with van der Waals surface area (Å²) in [6.45, 7) is 1.28. The number of aliphatic hydroxyl groups excluding tert-OH is 1. The van der Waals surface area contributed by atoms with Gasteiger partial charge in [0.05, 0.1) is 0 Å². The highest BCUT2D eigenvalue weighted by atomic mass is 16.2. The minimum atomic E-state index is 0.101. The van der Waals surface area contributed by atoms with E-state index in [1.54, 1.807) is 0 Å². The van der Waals surface area contributed by atoms with Crippen LogP contribution < -0.4 is 0 Å². The summed E-state index contributed by atoms with van der Waals surface area (Å²) in [5.41, 5.74) is 0. The van der Waals surface area contributed by atoms with Crippen LogP contribution in [0, 0.1) is 6.90 Å². The Morgan fingerprint density at radius 1 is 2.25 bits per heavy atom. The van der Waals surface area contributed by atoms with Crippen LogP contribution >= 0.6 is 0 Å². The number of hydrogen-bond donors (Lipinski definition) is 1. The Morgan fingerprint density at radius 3 is 3.00 bits per heavy atom. The van der Waals surface area contributed by atoms with E-state index >= 15 is 0 Å². The third-order valence-electron chi connectivity index (χ3n) is 0.129. The Morgan fingerprint density at radius 2 is 3.00 bits per heavy atom. The zero-order valence-electron chi connectivity index (χ0n) is 3.44. The predicted molar refractivity (Wildman–Crippen MR) is 17.1 cm³/mol. The average molecular weight is 60.1 g/mol. The largest absolute Gasteiger partial charge is 0.396 e. The van der Waals surface area contributed by atoms with Crippen LogP contribution in [0.2, 0.25) is 0 Å². The molecule has 1 N–H and O–H groups in total. The fourth-order valence-electron chi connectivity index (χ4n) is 0. The van der Waals surface area contributed by atoms with Crippen molar-refractivity contribution < 1.29 is 6.48 Å². The topological polar surface area (TPSA) is 20.2 Å². The highest BCUT2D eigenvalue weighted by Crippen LogP contribution is 1.60. The molecule has 0 spiro atoms. The minimum Gasteiger partial charge on any atom is -0.396 e. The zero-order chi connectivity index (χ0) is 4.12. The molecule has 0 aliphatic heterocycles. The van der Waals surface area contributed by atoms with E-state index in [0.717, 1.165) is 0 Å². The van der Waals surface area contributed by atoms with Crippen LogP contribution in [0.15, 0.2) is 0 Å². The molecule has 0 aromatic heterocycles. The first-order valence-electron chi connectivity index (χ1n) is 1.80. The van der Waals surface area contributed by atoms with Gasteiger partial charge in [-0.1, -0.05) is 6.90 Å². The van der Waals surface area contributed by atoms with Gasteiger partial charge < -0.3 is 5.11 Å². The van der Waals surface area contributed by atoms with Crippen molar-refractivity contribution in [2.75, 3.05) is 6.61 Å². The molecule has 0 aliphatic carbocycles. The first kappa shape index (κ1) is 2.21. The van der Waals surface area contributed by atoms with Crippen LogP contribution in [-0.2, 0) is 0 Å². The summed E-state index contributed by atoms with van der Waals surface area (Å²) in [4.78, 5) is 0. The van der Waals surface area contributed by atoms with Crippen LogP contribution in [0.1, 0.15) is 7.79 Å². The van der Waals surface area contributed by atoms with E-state index < -0.39 is 0 Å². The third-order valence-corrected chi connectivity index (χ3v) is 0.129. The summed E-state index contributed by atoms with van der Waals surface area (Å²) in [5.74, 6) is 0. The Labute approximate surface area is 27.7 Å². The quantitative estimate of drug-likeness (QED) is 0.482. The van der Waals surface area contributed by atoms with Crippen molar-refractivity contribution >= 4 is 0 Å². The van der Waals surface area contributed by atoms with Gasteiger partial charge >= 0.3 is 0 Å². The van der Waals surface area contributed by atoms with Crippen molar-refractivity contribution in [1.29, 1.82) is 0 Å². The summed E-state index contributed by atoms with van der Waals surface area (Å²) in [7, 11) is 0. The minimum absolute atomic E-state index is 0.101. The van der Waals surface area contributed by atoms with Gasteiger partial charge in [0.25, 0.3) is 0 Å². The third kappa shape index (κ3) is 1.96. The highest BCUT2D eigenvalue weighted by Gasteiger charge is 1.57. The lowest BCUT2D eigenvalue weighted by Crippen LogP contribution is -1.70. The molecule has 0 rings (SSSR count). The fourth-order valence-corrected chi connectivity index (χ4v) is 0. The molecule has 1 heteroatoms. The molecule has 1 radical (unpaired) electrons. The Bertz CT molecular complexity index is 14.4. The summed E-state index contributed by atoms with van der Waals surface area (Å²) in [5, 5.41) is 7.92. The first-order valence-corrected chi connectivity index (χ1v) is 1.22. The molecule has 25 valence electrons. The molecule has 0 saturated heterocycles. The lowest BCUT2D eigenvalue weighted by molar-refractivity contribution is 0.302. The van der Waals surface area contributed by atoms with E-state index in [1.807, 2.05) is 0 Å². The van der Waals surface area contributed by atoms with Crippen molar-refractivity contribution in [2.45, 2.75) is 6.42 Å². The average Bonchev–Trinajstić information content (AvgIpc) is 1.41. The summed E-state index contributed by atoms with van der Waals surface area (Å²) < 4.78 is 6.32. The van der Waals surface area contributed by atoms with Gasteiger partial charge in [-0.2, -0.15) is 0 Å². The van der Waals surface area contributed by atoms with E-state index in [1.165, 1.54) is 6.90 Å². The Hall–Kier alpha value is -0.0400. The van der Waals surface area contributed by atoms with E-state index in [9.17, 15) is 0 Å². The van der Waals surface area contributed by atoms with Gasteiger partial charge in [0.15, 0.2) is 0 Å². The standard InChI is InChI=1S/C3H7O/c1-2-3-4/h4H,1-3H2/i1D. The molecule has 0 bridgehead atoms. The van der Waals surface area contributed by atoms with E-state index in [-0.39, 0.29) is 6.61 Å². The molecule has 0 aliphatic rings. The molecule has 0 amide bonds. The molecular weight excluding hydrogens is 52.0 g/mol. The molecule has 0 aromatic carbocycles. The van der Waals surface area contributed by atoms with E-state index in [2.05, 4.69) is 0 Å². The summed E-state index contributed by atoms with van der Waals surface area (Å²) in [6.07, 6.45) is 0.486. The van der Waals surface area contributed by atoms with Crippen molar-refractivity contribution in [1.82, 2.24) is 0 Å². The number of hydrogen-bond acceptors (Lipinski definition) is 1.